The lowest BCUT2D eigenvalue weighted by atomic mass is 10.2. The van der Waals surface area contributed by atoms with E-state index < -0.39 is 10.0 Å². The fraction of sp³-hybridized carbons (Fsp3) is 0.381. The highest BCUT2D eigenvalue weighted by Gasteiger charge is 2.18. The van der Waals surface area contributed by atoms with E-state index in [1.807, 2.05) is 43.3 Å². The first-order valence-electron chi connectivity index (χ1n) is 9.29. The molecule has 0 aliphatic rings. The molecule has 7 heteroatoms. The van der Waals surface area contributed by atoms with E-state index in [4.69, 9.17) is 0 Å². The topological polar surface area (TPSA) is 66.5 Å². The summed E-state index contributed by atoms with van der Waals surface area (Å²) in [6, 6.07) is 17.6. The summed E-state index contributed by atoms with van der Waals surface area (Å²) in [6.45, 7) is 2.79. The molecular formula is C21H28N2O3S2. The fourth-order valence-electron chi connectivity index (χ4n) is 2.81. The zero-order valence-electron chi connectivity index (χ0n) is 16.4. The molecule has 1 N–H and O–H groups in total. The minimum atomic E-state index is -3.39. The van der Waals surface area contributed by atoms with E-state index in [0.29, 0.717) is 31.6 Å². The number of hydrogen-bond donors (Lipinski definition) is 1. The van der Waals surface area contributed by atoms with Crippen molar-refractivity contribution in [2.24, 2.45) is 0 Å². The Bertz CT molecular complexity index is 855. The molecule has 0 aliphatic heterocycles. The summed E-state index contributed by atoms with van der Waals surface area (Å²) in [4.78, 5) is 12.0. The zero-order valence-corrected chi connectivity index (χ0v) is 18.1. The lowest BCUT2D eigenvalue weighted by Gasteiger charge is -2.24. The second-order valence-electron chi connectivity index (χ2n) is 6.61. The Morgan fingerprint density at radius 3 is 2.43 bits per heavy atom. The van der Waals surface area contributed by atoms with Crippen molar-refractivity contribution in [2.45, 2.75) is 25.5 Å². The van der Waals surface area contributed by atoms with Gasteiger partial charge in [-0.15, -0.1) is 0 Å². The first-order chi connectivity index (χ1) is 13.4. The van der Waals surface area contributed by atoms with E-state index >= 15 is 0 Å². The van der Waals surface area contributed by atoms with E-state index in [1.54, 1.807) is 17.8 Å². The van der Waals surface area contributed by atoms with Crippen LogP contribution in [0, 0.1) is 6.92 Å². The average molecular weight is 421 g/mol. The van der Waals surface area contributed by atoms with Crippen LogP contribution in [0.1, 0.15) is 24.0 Å². The van der Waals surface area contributed by atoms with Crippen molar-refractivity contribution >= 4 is 33.4 Å². The van der Waals surface area contributed by atoms with Crippen LogP contribution in [0.25, 0.3) is 0 Å². The molecule has 0 unspecified atom stereocenters. The predicted octanol–water partition coefficient (Wildman–Crippen LogP) is 3.59. The molecular weight excluding hydrogens is 392 g/mol. The Kier molecular flexibility index (Phi) is 8.86. The van der Waals surface area contributed by atoms with E-state index in [-0.39, 0.29) is 5.91 Å². The Morgan fingerprint density at radius 1 is 1.07 bits per heavy atom. The third-order valence-electron chi connectivity index (χ3n) is 4.23. The molecule has 0 radical (unpaired) electrons. The number of sulfonamides is 1. The van der Waals surface area contributed by atoms with Gasteiger partial charge in [0, 0.05) is 31.0 Å². The van der Waals surface area contributed by atoms with Gasteiger partial charge >= 0.3 is 0 Å². The standard InChI is InChI=1S/C21H28N2O3S2/c1-18-9-6-7-12-20(18)23(28(2,25)26)15-8-13-21(24)22-14-16-27-17-19-10-4-3-5-11-19/h3-7,9-12H,8,13-17H2,1-2H3,(H,22,24). The number of anilines is 1. The molecule has 0 saturated heterocycles. The summed E-state index contributed by atoms with van der Waals surface area (Å²) in [7, 11) is -3.39. The fourth-order valence-corrected chi connectivity index (χ4v) is 4.65. The number of amides is 1. The van der Waals surface area contributed by atoms with Gasteiger partial charge in [-0.05, 0) is 30.5 Å². The molecule has 0 saturated carbocycles. The van der Waals surface area contributed by atoms with Gasteiger partial charge in [0.25, 0.3) is 0 Å². The lowest BCUT2D eigenvalue weighted by Crippen LogP contribution is -2.33. The highest BCUT2D eigenvalue weighted by atomic mass is 32.2. The molecule has 2 aromatic rings. The van der Waals surface area contributed by atoms with Gasteiger partial charge in [0.2, 0.25) is 15.9 Å². The number of rotatable bonds is 11. The van der Waals surface area contributed by atoms with Crippen molar-refractivity contribution in [1.82, 2.24) is 5.32 Å². The Labute approximate surface area is 172 Å². The lowest BCUT2D eigenvalue weighted by molar-refractivity contribution is -0.121. The van der Waals surface area contributed by atoms with Crippen molar-refractivity contribution in [2.75, 3.05) is 29.4 Å². The van der Waals surface area contributed by atoms with E-state index in [2.05, 4.69) is 17.4 Å². The van der Waals surface area contributed by atoms with Crippen LogP contribution in [0.3, 0.4) is 0 Å². The van der Waals surface area contributed by atoms with Crippen LogP contribution in [0.4, 0.5) is 5.69 Å². The van der Waals surface area contributed by atoms with Crippen LogP contribution in [-0.2, 0) is 20.6 Å². The maximum Gasteiger partial charge on any atom is 0.232 e. The molecule has 28 heavy (non-hydrogen) atoms. The third kappa shape index (κ3) is 7.56. The van der Waals surface area contributed by atoms with Crippen molar-refractivity contribution in [3.63, 3.8) is 0 Å². The highest BCUT2D eigenvalue weighted by molar-refractivity contribution is 7.98. The van der Waals surface area contributed by atoms with Crippen molar-refractivity contribution in [3.8, 4) is 0 Å². The maximum atomic E-state index is 12.1. The quantitative estimate of drug-likeness (QED) is 0.564. The SMILES string of the molecule is Cc1ccccc1N(CCCC(=O)NCCSCc1ccccc1)S(C)(=O)=O. The van der Waals surface area contributed by atoms with E-state index in [1.165, 1.54) is 16.1 Å². The molecule has 0 aromatic heterocycles. The Hall–Kier alpha value is -1.99. The van der Waals surface area contributed by atoms with Crippen LogP contribution in [0.5, 0.6) is 0 Å². The number of aryl methyl sites for hydroxylation is 1. The Morgan fingerprint density at radius 2 is 1.75 bits per heavy atom. The largest absolute Gasteiger partial charge is 0.355 e. The van der Waals surface area contributed by atoms with Gasteiger partial charge in [-0.25, -0.2) is 8.42 Å². The number of benzene rings is 2. The highest BCUT2D eigenvalue weighted by Crippen LogP contribution is 2.22. The number of carbonyl (C=O) groups excluding carboxylic acids is 1. The number of hydrogen-bond acceptors (Lipinski definition) is 4. The summed E-state index contributed by atoms with van der Waals surface area (Å²) >= 11 is 1.78. The van der Waals surface area contributed by atoms with Gasteiger partial charge in [-0.1, -0.05) is 48.5 Å². The minimum absolute atomic E-state index is 0.0430. The number of thioether (sulfide) groups is 1. The van der Waals surface area contributed by atoms with Crippen LogP contribution in [-0.4, -0.2) is 39.4 Å². The first kappa shape index (κ1) is 22.3. The molecule has 0 spiro atoms. The smallest absolute Gasteiger partial charge is 0.232 e. The normalized spacial score (nSPS) is 11.2. The number of nitrogens with zero attached hydrogens (tertiary/aromatic N) is 1. The summed E-state index contributed by atoms with van der Waals surface area (Å²) in [5, 5.41) is 2.90. The zero-order chi connectivity index (χ0) is 20.4. The molecule has 152 valence electrons. The van der Waals surface area contributed by atoms with Crippen LogP contribution in [0.15, 0.2) is 54.6 Å². The molecule has 0 fully saturated rings. The van der Waals surface area contributed by atoms with E-state index in [9.17, 15) is 13.2 Å². The second kappa shape index (κ2) is 11.1. The summed E-state index contributed by atoms with van der Waals surface area (Å²) in [5.74, 6) is 1.73. The van der Waals surface area contributed by atoms with Crippen molar-refractivity contribution in [3.05, 3.63) is 65.7 Å². The minimum Gasteiger partial charge on any atom is -0.355 e. The molecule has 0 aliphatic carbocycles. The molecule has 1 amide bonds. The third-order valence-corrected chi connectivity index (χ3v) is 6.44. The van der Waals surface area contributed by atoms with Gasteiger partial charge in [0.05, 0.1) is 11.9 Å². The van der Waals surface area contributed by atoms with Gasteiger partial charge in [-0.2, -0.15) is 11.8 Å². The molecule has 5 nitrogen and oxygen atoms in total. The summed E-state index contributed by atoms with van der Waals surface area (Å²) in [6.07, 6.45) is 1.98. The molecule has 2 aromatic carbocycles. The summed E-state index contributed by atoms with van der Waals surface area (Å²) < 4.78 is 25.7. The predicted molar refractivity (Wildman–Crippen MR) is 118 cm³/mol. The van der Waals surface area contributed by atoms with Crippen LogP contribution >= 0.6 is 11.8 Å². The van der Waals surface area contributed by atoms with Gasteiger partial charge in [0.1, 0.15) is 0 Å². The van der Waals surface area contributed by atoms with E-state index in [0.717, 1.165) is 17.1 Å². The number of para-hydroxylation sites is 1. The van der Waals surface area contributed by atoms with Crippen molar-refractivity contribution < 1.29 is 13.2 Å². The molecule has 0 bridgehead atoms. The van der Waals surface area contributed by atoms with Crippen LogP contribution < -0.4 is 9.62 Å². The average Bonchev–Trinajstić information content (AvgIpc) is 2.66. The van der Waals surface area contributed by atoms with Crippen LogP contribution in [0.2, 0.25) is 0 Å². The summed E-state index contributed by atoms with van der Waals surface area (Å²) in [5.41, 5.74) is 2.84. The Balaban J connectivity index is 1.70. The second-order valence-corrected chi connectivity index (χ2v) is 9.63. The maximum absolute atomic E-state index is 12.1. The molecule has 2 rings (SSSR count). The van der Waals surface area contributed by atoms with Gasteiger partial charge < -0.3 is 5.32 Å². The molecule has 0 atom stereocenters. The van der Waals surface area contributed by atoms with Gasteiger partial charge in [0.15, 0.2) is 0 Å². The number of carbonyl (C=O) groups is 1. The number of nitrogens with one attached hydrogen (secondary N) is 1. The van der Waals surface area contributed by atoms with Crippen molar-refractivity contribution in [1.29, 1.82) is 0 Å². The van der Waals surface area contributed by atoms with Gasteiger partial charge in [-0.3, -0.25) is 9.10 Å². The molecule has 0 heterocycles. The first-order valence-corrected chi connectivity index (χ1v) is 12.3. The monoisotopic (exact) mass is 420 g/mol.